The van der Waals surface area contributed by atoms with E-state index in [2.05, 4.69) is 9.97 Å². The molecule has 2 heterocycles. The van der Waals surface area contributed by atoms with Gasteiger partial charge in [0.15, 0.2) is 5.56 Å². The van der Waals surface area contributed by atoms with Gasteiger partial charge in [0.25, 0.3) is 5.56 Å². The van der Waals surface area contributed by atoms with Crippen LogP contribution in [0.25, 0.3) is 22.2 Å². The molecule has 118 valence electrons. The standard InChI is InChI=1S/C16H13FN2O4/c1-2-8-13(19-15(21)12(14(8)20)16(22)23)9-6-11-7(3-4-18-11)5-10(9)17/h3-6,18H,2H2,1H3,(H,22,23)(H2,19,20,21). The van der Waals surface area contributed by atoms with Crippen molar-refractivity contribution in [1.29, 1.82) is 0 Å². The van der Waals surface area contributed by atoms with E-state index in [0.29, 0.717) is 10.9 Å². The summed E-state index contributed by atoms with van der Waals surface area (Å²) < 4.78 is 14.4. The second-order valence-corrected chi connectivity index (χ2v) is 5.09. The quantitative estimate of drug-likeness (QED) is 0.596. The first-order valence-electron chi connectivity index (χ1n) is 6.92. The van der Waals surface area contributed by atoms with Gasteiger partial charge in [0.2, 0.25) is 0 Å². The molecule has 0 amide bonds. The third-order valence-corrected chi connectivity index (χ3v) is 3.77. The molecular formula is C16H13FN2O4. The molecule has 2 aromatic heterocycles. The van der Waals surface area contributed by atoms with Crippen LogP contribution in [0.1, 0.15) is 22.8 Å². The van der Waals surface area contributed by atoms with Crippen molar-refractivity contribution in [3.63, 3.8) is 0 Å². The number of aromatic hydroxyl groups is 1. The molecule has 0 fully saturated rings. The van der Waals surface area contributed by atoms with Crippen molar-refractivity contribution in [2.75, 3.05) is 0 Å². The number of aromatic nitrogens is 2. The predicted molar refractivity (Wildman–Crippen MR) is 82.3 cm³/mol. The third-order valence-electron chi connectivity index (χ3n) is 3.77. The number of carboxylic acids is 1. The first-order valence-corrected chi connectivity index (χ1v) is 6.92. The summed E-state index contributed by atoms with van der Waals surface area (Å²) in [6.07, 6.45) is 1.88. The lowest BCUT2D eigenvalue weighted by Gasteiger charge is -2.12. The average Bonchev–Trinajstić information content (AvgIpc) is 2.92. The molecule has 0 atom stereocenters. The Balaban J connectivity index is 2.36. The maximum absolute atomic E-state index is 14.4. The van der Waals surface area contributed by atoms with E-state index >= 15 is 0 Å². The zero-order chi connectivity index (χ0) is 16.7. The number of aromatic carboxylic acids is 1. The number of halogens is 1. The normalized spacial score (nSPS) is 11.0. The third kappa shape index (κ3) is 2.26. The van der Waals surface area contributed by atoms with Gasteiger partial charge < -0.3 is 20.2 Å². The molecule has 0 aliphatic rings. The maximum Gasteiger partial charge on any atom is 0.345 e. The maximum atomic E-state index is 14.4. The van der Waals surface area contributed by atoms with Gasteiger partial charge >= 0.3 is 5.97 Å². The molecule has 3 rings (SSSR count). The van der Waals surface area contributed by atoms with Crippen LogP contribution in [0.4, 0.5) is 4.39 Å². The zero-order valence-corrected chi connectivity index (χ0v) is 12.1. The number of pyridine rings is 1. The molecule has 7 heteroatoms. The van der Waals surface area contributed by atoms with E-state index < -0.39 is 28.7 Å². The fraction of sp³-hybridized carbons (Fsp3) is 0.125. The lowest BCUT2D eigenvalue weighted by Crippen LogP contribution is -2.20. The van der Waals surface area contributed by atoms with Crippen molar-refractivity contribution in [2.45, 2.75) is 13.3 Å². The van der Waals surface area contributed by atoms with Gasteiger partial charge in [-0.3, -0.25) is 4.79 Å². The van der Waals surface area contributed by atoms with Gasteiger partial charge in [0.1, 0.15) is 11.6 Å². The van der Waals surface area contributed by atoms with E-state index in [9.17, 15) is 19.1 Å². The molecule has 0 saturated heterocycles. The molecule has 1 aromatic carbocycles. The molecule has 0 aliphatic heterocycles. The summed E-state index contributed by atoms with van der Waals surface area (Å²) in [6, 6.07) is 4.52. The highest BCUT2D eigenvalue weighted by atomic mass is 19.1. The van der Waals surface area contributed by atoms with E-state index in [-0.39, 0.29) is 23.2 Å². The molecule has 3 aromatic rings. The highest BCUT2D eigenvalue weighted by Gasteiger charge is 2.23. The van der Waals surface area contributed by atoms with Crippen LogP contribution in [0.3, 0.4) is 0 Å². The number of H-pyrrole nitrogens is 2. The minimum atomic E-state index is -1.54. The predicted octanol–water partition coefficient (Wildman–Crippen LogP) is 2.63. The lowest BCUT2D eigenvalue weighted by atomic mass is 9.99. The Morgan fingerprint density at radius 2 is 2.09 bits per heavy atom. The number of hydrogen-bond acceptors (Lipinski definition) is 3. The monoisotopic (exact) mass is 316 g/mol. The van der Waals surface area contributed by atoms with Crippen LogP contribution < -0.4 is 5.56 Å². The summed E-state index contributed by atoms with van der Waals surface area (Å²) in [7, 11) is 0. The van der Waals surface area contributed by atoms with Gasteiger partial charge in [-0.1, -0.05) is 6.92 Å². The van der Waals surface area contributed by atoms with Crippen molar-refractivity contribution in [3.05, 3.63) is 51.7 Å². The fourth-order valence-corrected chi connectivity index (χ4v) is 2.67. The number of carboxylic acid groups (broad SMARTS) is 1. The summed E-state index contributed by atoms with van der Waals surface area (Å²) >= 11 is 0. The van der Waals surface area contributed by atoms with Crippen molar-refractivity contribution < 1.29 is 19.4 Å². The van der Waals surface area contributed by atoms with E-state index in [1.807, 2.05) is 0 Å². The van der Waals surface area contributed by atoms with Crippen molar-refractivity contribution in [3.8, 4) is 17.0 Å². The summed E-state index contributed by atoms with van der Waals surface area (Å²) in [5, 5.41) is 19.8. The van der Waals surface area contributed by atoms with Crippen molar-refractivity contribution in [1.82, 2.24) is 9.97 Å². The van der Waals surface area contributed by atoms with Crippen LogP contribution in [0.2, 0.25) is 0 Å². The van der Waals surface area contributed by atoms with Crippen LogP contribution in [0.15, 0.2) is 29.2 Å². The van der Waals surface area contributed by atoms with E-state index in [0.717, 1.165) is 0 Å². The van der Waals surface area contributed by atoms with E-state index in [1.165, 1.54) is 12.1 Å². The molecule has 0 radical (unpaired) electrons. The Labute approximate surface area is 129 Å². The Morgan fingerprint density at radius 1 is 1.35 bits per heavy atom. The van der Waals surface area contributed by atoms with Gasteiger partial charge in [-0.15, -0.1) is 0 Å². The Morgan fingerprint density at radius 3 is 2.74 bits per heavy atom. The number of benzene rings is 1. The number of rotatable bonds is 3. The van der Waals surface area contributed by atoms with Crippen molar-refractivity contribution in [2.24, 2.45) is 0 Å². The molecule has 0 unspecified atom stereocenters. The molecule has 0 saturated carbocycles. The average molecular weight is 316 g/mol. The minimum Gasteiger partial charge on any atom is -0.506 e. The number of carbonyl (C=O) groups is 1. The Bertz CT molecular complexity index is 988. The second kappa shape index (κ2) is 5.28. The van der Waals surface area contributed by atoms with Crippen LogP contribution in [0, 0.1) is 5.82 Å². The molecule has 0 bridgehead atoms. The first kappa shape index (κ1) is 14.8. The number of hydrogen-bond donors (Lipinski definition) is 4. The fourth-order valence-electron chi connectivity index (χ4n) is 2.67. The molecular weight excluding hydrogens is 303 g/mol. The SMILES string of the molecule is CCc1c(-c2cc3[nH]ccc3cc2F)[nH]c(=O)c(C(=O)O)c1O. The summed E-state index contributed by atoms with van der Waals surface area (Å²) in [5.41, 5.74) is -0.729. The van der Waals surface area contributed by atoms with Gasteiger partial charge in [-0.05, 0) is 24.6 Å². The highest BCUT2D eigenvalue weighted by molar-refractivity contribution is 5.92. The molecule has 0 spiro atoms. The smallest absolute Gasteiger partial charge is 0.345 e. The number of aromatic amines is 2. The molecule has 4 N–H and O–H groups in total. The Hall–Kier alpha value is -3.09. The van der Waals surface area contributed by atoms with Crippen molar-refractivity contribution >= 4 is 16.9 Å². The van der Waals surface area contributed by atoms with Gasteiger partial charge in [-0.25, -0.2) is 9.18 Å². The Kier molecular flexibility index (Phi) is 3.40. The summed E-state index contributed by atoms with van der Waals surface area (Å²) in [6.45, 7) is 1.67. The largest absolute Gasteiger partial charge is 0.506 e. The van der Waals surface area contributed by atoms with E-state index in [1.54, 1.807) is 19.2 Å². The van der Waals surface area contributed by atoms with Crippen LogP contribution in [0.5, 0.6) is 5.75 Å². The zero-order valence-electron chi connectivity index (χ0n) is 12.1. The second-order valence-electron chi connectivity index (χ2n) is 5.09. The molecule has 23 heavy (non-hydrogen) atoms. The summed E-state index contributed by atoms with van der Waals surface area (Å²) in [5.74, 6) is -2.75. The van der Waals surface area contributed by atoms with Gasteiger partial charge in [0.05, 0.1) is 5.69 Å². The van der Waals surface area contributed by atoms with Crippen LogP contribution in [-0.2, 0) is 6.42 Å². The van der Waals surface area contributed by atoms with Gasteiger partial charge in [-0.2, -0.15) is 0 Å². The molecule has 6 nitrogen and oxygen atoms in total. The molecule has 0 aliphatic carbocycles. The summed E-state index contributed by atoms with van der Waals surface area (Å²) in [4.78, 5) is 28.4. The van der Waals surface area contributed by atoms with Gasteiger partial charge in [0, 0.05) is 28.2 Å². The van der Waals surface area contributed by atoms with Crippen LogP contribution >= 0.6 is 0 Å². The minimum absolute atomic E-state index is 0.0778. The van der Waals surface area contributed by atoms with Crippen LogP contribution in [-0.4, -0.2) is 26.2 Å². The van der Waals surface area contributed by atoms with E-state index in [4.69, 9.17) is 5.11 Å². The highest BCUT2D eigenvalue weighted by Crippen LogP contribution is 2.33. The first-order chi connectivity index (χ1) is 10.9. The number of nitrogens with one attached hydrogen (secondary N) is 2. The topological polar surface area (TPSA) is 106 Å². The number of fused-ring (bicyclic) bond motifs is 1. The lowest BCUT2D eigenvalue weighted by molar-refractivity contribution is 0.0691.